The van der Waals surface area contributed by atoms with Gasteiger partial charge in [-0.1, -0.05) is 189 Å². The van der Waals surface area contributed by atoms with E-state index in [0.717, 1.165) is 0 Å². The molecule has 0 atom stereocenters. The van der Waals surface area contributed by atoms with Crippen LogP contribution in [0.4, 0.5) is 0 Å². The summed E-state index contributed by atoms with van der Waals surface area (Å²) in [6.07, 6.45) is 0. The second kappa shape index (κ2) is 12.5. The Balaban J connectivity index is 0.00000374. The molecule has 2 aliphatic rings. The molecular formula is C57H40. The molecule has 0 N–H and O–H groups in total. The fourth-order valence-corrected chi connectivity index (χ4v) is 10.4. The highest BCUT2D eigenvalue weighted by atomic mass is 14.4. The molecule has 0 heterocycles. The largest absolute Gasteiger partial charge is 0.0776 e. The summed E-state index contributed by atoms with van der Waals surface area (Å²) < 4.78 is 0. The standard InChI is InChI=1S/C56H36.CH4/c1-33-17-9-11-23-37(33)49-41-27-15-16-28-42(41)50(38-24-12-10-18-34(38)2)56-46-32-30-44-51-43(29-31-45(52(46)51)55(49)56)53-47(35-19-5-3-6-20-35)39-25-13-14-26-40(39)48(54(44)53)36-21-7-4-8-22-36;/h3-32H,1-2H3;1H4. The number of hydrogen-bond donors (Lipinski definition) is 0. The Morgan fingerprint density at radius 1 is 0.228 bits per heavy atom. The van der Waals surface area contributed by atoms with Gasteiger partial charge in [0.05, 0.1) is 0 Å². The van der Waals surface area contributed by atoms with Crippen LogP contribution in [0.25, 0.3) is 121 Å². The zero-order valence-electron chi connectivity index (χ0n) is 31.3. The van der Waals surface area contributed by atoms with E-state index in [4.69, 9.17) is 0 Å². The molecule has 10 aromatic carbocycles. The Kier molecular flexibility index (Phi) is 7.31. The van der Waals surface area contributed by atoms with Crippen molar-refractivity contribution in [3.8, 4) is 89.0 Å². The lowest BCUT2D eigenvalue weighted by Gasteiger charge is -2.22. The van der Waals surface area contributed by atoms with Gasteiger partial charge in [-0.05, 0) is 146 Å². The zero-order chi connectivity index (χ0) is 37.1. The number of fused-ring (bicyclic) bond motifs is 8. The number of benzene rings is 10. The summed E-state index contributed by atoms with van der Waals surface area (Å²) in [5.41, 5.74) is 23.6. The van der Waals surface area contributed by atoms with Gasteiger partial charge in [-0.25, -0.2) is 0 Å². The highest BCUT2D eigenvalue weighted by molar-refractivity contribution is 6.35. The van der Waals surface area contributed by atoms with Crippen LogP contribution >= 0.6 is 0 Å². The average molecular weight is 725 g/mol. The summed E-state index contributed by atoms with van der Waals surface area (Å²) >= 11 is 0. The van der Waals surface area contributed by atoms with Crippen molar-refractivity contribution in [2.45, 2.75) is 21.3 Å². The fraction of sp³-hybridized carbons (Fsp3) is 0.0526. The van der Waals surface area contributed by atoms with E-state index in [1.165, 1.54) is 132 Å². The summed E-state index contributed by atoms with van der Waals surface area (Å²) in [5.74, 6) is 0. The third-order valence-corrected chi connectivity index (χ3v) is 12.6. The molecule has 0 saturated heterocycles. The van der Waals surface area contributed by atoms with Gasteiger partial charge in [0.25, 0.3) is 0 Å². The molecule has 0 bridgehead atoms. The van der Waals surface area contributed by atoms with Crippen molar-refractivity contribution in [1.29, 1.82) is 0 Å². The van der Waals surface area contributed by atoms with E-state index in [0.29, 0.717) is 0 Å². The summed E-state index contributed by atoms with van der Waals surface area (Å²) in [5, 5.41) is 7.90. The topological polar surface area (TPSA) is 0 Å². The Morgan fingerprint density at radius 2 is 0.509 bits per heavy atom. The molecule has 0 aliphatic heterocycles. The molecule has 0 spiro atoms. The molecule has 0 radical (unpaired) electrons. The maximum absolute atomic E-state index is 2.45. The molecule has 2 aliphatic carbocycles. The third-order valence-electron chi connectivity index (χ3n) is 12.6. The third kappa shape index (κ3) is 4.50. The van der Waals surface area contributed by atoms with Crippen LogP contribution in [0, 0.1) is 13.8 Å². The van der Waals surface area contributed by atoms with Crippen molar-refractivity contribution in [3.05, 3.63) is 193 Å². The second-order valence-electron chi connectivity index (χ2n) is 15.5. The number of hydrogen-bond acceptors (Lipinski definition) is 0. The summed E-state index contributed by atoms with van der Waals surface area (Å²) in [6, 6.07) is 67.9. The van der Waals surface area contributed by atoms with Crippen LogP contribution in [0.5, 0.6) is 0 Å². The van der Waals surface area contributed by atoms with Gasteiger partial charge < -0.3 is 0 Å². The highest BCUT2D eigenvalue weighted by Gasteiger charge is 2.37. The van der Waals surface area contributed by atoms with E-state index in [1.54, 1.807) is 0 Å². The highest BCUT2D eigenvalue weighted by Crippen LogP contribution is 2.64. The predicted octanol–water partition coefficient (Wildman–Crippen LogP) is 16.4. The van der Waals surface area contributed by atoms with Gasteiger partial charge in [0, 0.05) is 0 Å². The molecule has 0 nitrogen and oxygen atoms in total. The van der Waals surface area contributed by atoms with Gasteiger partial charge in [-0.3, -0.25) is 0 Å². The van der Waals surface area contributed by atoms with Crippen molar-refractivity contribution < 1.29 is 0 Å². The average Bonchev–Trinajstić information content (AvgIpc) is 3.75. The Labute approximate surface area is 334 Å². The molecule has 0 saturated carbocycles. The van der Waals surface area contributed by atoms with Gasteiger partial charge in [0.2, 0.25) is 0 Å². The number of aryl methyl sites for hydroxylation is 2. The summed E-state index contributed by atoms with van der Waals surface area (Å²) in [6.45, 7) is 4.52. The van der Waals surface area contributed by atoms with Crippen molar-refractivity contribution in [3.63, 3.8) is 0 Å². The van der Waals surface area contributed by atoms with Crippen molar-refractivity contribution >= 4 is 32.3 Å². The zero-order valence-corrected chi connectivity index (χ0v) is 31.3. The Bertz CT molecular complexity index is 3080. The first-order valence-electron chi connectivity index (χ1n) is 19.7. The van der Waals surface area contributed by atoms with Crippen LogP contribution in [-0.4, -0.2) is 0 Å². The normalized spacial score (nSPS) is 11.9. The first kappa shape index (κ1) is 33.3. The molecule has 0 heteroatoms. The lowest BCUT2D eigenvalue weighted by molar-refractivity contribution is 1.46. The Hall–Kier alpha value is -7.02. The molecule has 10 aromatic rings. The van der Waals surface area contributed by atoms with Crippen LogP contribution in [0.2, 0.25) is 0 Å². The molecule has 57 heavy (non-hydrogen) atoms. The first-order chi connectivity index (χ1) is 27.7. The Morgan fingerprint density at radius 3 is 0.860 bits per heavy atom. The van der Waals surface area contributed by atoms with Crippen LogP contribution in [0.15, 0.2) is 182 Å². The molecule has 268 valence electrons. The van der Waals surface area contributed by atoms with E-state index in [9.17, 15) is 0 Å². The van der Waals surface area contributed by atoms with Crippen LogP contribution in [0.3, 0.4) is 0 Å². The smallest absolute Gasteiger partial charge is 0.000730 e. The first-order valence-corrected chi connectivity index (χ1v) is 19.7. The lowest BCUT2D eigenvalue weighted by atomic mass is 9.80. The summed E-state index contributed by atoms with van der Waals surface area (Å²) in [7, 11) is 0. The number of rotatable bonds is 4. The van der Waals surface area contributed by atoms with Crippen LogP contribution in [0.1, 0.15) is 18.6 Å². The summed E-state index contributed by atoms with van der Waals surface area (Å²) in [4.78, 5) is 0. The SMILES string of the molecule is C.Cc1ccccc1-c1c2c(c(-c3ccccc3C)c3ccccc13)-c1ccc3c4c(ccc-2c14)-c1c-3c(-c2ccccc2)c2ccccc2c1-c1ccccc1. The maximum atomic E-state index is 2.45. The van der Waals surface area contributed by atoms with E-state index < -0.39 is 0 Å². The molecular weight excluding hydrogens is 685 g/mol. The minimum absolute atomic E-state index is 0. The predicted molar refractivity (Wildman–Crippen MR) is 246 cm³/mol. The van der Waals surface area contributed by atoms with E-state index in [-0.39, 0.29) is 7.43 Å². The van der Waals surface area contributed by atoms with Crippen molar-refractivity contribution in [2.75, 3.05) is 0 Å². The van der Waals surface area contributed by atoms with Crippen molar-refractivity contribution in [2.24, 2.45) is 0 Å². The maximum Gasteiger partial charge on any atom is -0.000730 e. The minimum Gasteiger partial charge on any atom is -0.0776 e. The minimum atomic E-state index is 0. The van der Waals surface area contributed by atoms with Crippen molar-refractivity contribution in [1.82, 2.24) is 0 Å². The molecule has 0 unspecified atom stereocenters. The lowest BCUT2D eigenvalue weighted by Crippen LogP contribution is -1.96. The monoisotopic (exact) mass is 724 g/mol. The van der Waals surface area contributed by atoms with E-state index in [1.807, 2.05) is 0 Å². The molecule has 0 aromatic heterocycles. The van der Waals surface area contributed by atoms with Gasteiger partial charge in [-0.15, -0.1) is 0 Å². The molecule has 0 fully saturated rings. The van der Waals surface area contributed by atoms with E-state index >= 15 is 0 Å². The van der Waals surface area contributed by atoms with Crippen LogP contribution < -0.4 is 0 Å². The van der Waals surface area contributed by atoms with Gasteiger partial charge in [0.15, 0.2) is 0 Å². The van der Waals surface area contributed by atoms with Gasteiger partial charge >= 0.3 is 0 Å². The van der Waals surface area contributed by atoms with Crippen LogP contribution in [-0.2, 0) is 0 Å². The van der Waals surface area contributed by atoms with Gasteiger partial charge in [-0.2, -0.15) is 0 Å². The molecule has 12 rings (SSSR count). The second-order valence-corrected chi connectivity index (χ2v) is 15.5. The van der Waals surface area contributed by atoms with E-state index in [2.05, 4.69) is 196 Å². The molecule has 0 amide bonds. The quantitative estimate of drug-likeness (QED) is 0.170. The fourth-order valence-electron chi connectivity index (χ4n) is 10.4. The van der Waals surface area contributed by atoms with Gasteiger partial charge in [0.1, 0.15) is 0 Å².